The number of non-ortho nitro benzene ring substituents is 1. The maximum Gasteiger partial charge on any atom is 0.273 e. The third kappa shape index (κ3) is 6.92. The number of methoxy groups -OCH3 is 1. The van der Waals surface area contributed by atoms with Crippen molar-refractivity contribution >= 4 is 17.1 Å². The molecular weight excluding hydrogens is 274 g/mol. The zero-order valence-electron chi connectivity index (χ0n) is 12.6. The van der Waals surface area contributed by atoms with E-state index in [4.69, 9.17) is 9.47 Å². The van der Waals surface area contributed by atoms with Crippen molar-refractivity contribution in [2.24, 2.45) is 0 Å². The number of benzene rings is 1. The van der Waals surface area contributed by atoms with Gasteiger partial charge in [0.25, 0.3) is 5.69 Å². The Kier molecular flexibility index (Phi) is 8.15. The molecule has 7 nitrogen and oxygen atoms in total. The van der Waals surface area contributed by atoms with Crippen LogP contribution in [0.3, 0.4) is 0 Å². The maximum atomic E-state index is 10.9. The molecule has 1 rings (SSSR count). The summed E-state index contributed by atoms with van der Waals surface area (Å²) in [6, 6.07) is 4.93. The van der Waals surface area contributed by atoms with Crippen LogP contribution < -0.4 is 10.6 Å². The van der Waals surface area contributed by atoms with Crippen LogP contribution in [0, 0.1) is 10.1 Å². The van der Waals surface area contributed by atoms with Gasteiger partial charge in [-0.15, -0.1) is 0 Å². The zero-order chi connectivity index (χ0) is 15.5. The third-order valence-electron chi connectivity index (χ3n) is 2.74. The molecule has 0 atom stereocenters. The van der Waals surface area contributed by atoms with Crippen LogP contribution in [0.5, 0.6) is 0 Å². The van der Waals surface area contributed by atoms with E-state index < -0.39 is 0 Å². The van der Waals surface area contributed by atoms with Crippen molar-refractivity contribution < 1.29 is 14.4 Å². The summed E-state index contributed by atoms with van der Waals surface area (Å²) in [7, 11) is 1.63. The molecule has 0 aliphatic heterocycles. The smallest absolute Gasteiger partial charge is 0.273 e. The summed E-state index contributed by atoms with van der Waals surface area (Å²) in [5.74, 6) is 0. The number of hydrogen-bond acceptors (Lipinski definition) is 6. The SMILES string of the molecule is CCNc1cc(NCCCOCCOC)cc([N+](=O)[O-])c1. The predicted molar refractivity (Wildman–Crippen MR) is 83.1 cm³/mol. The minimum absolute atomic E-state index is 0.0762. The van der Waals surface area contributed by atoms with E-state index in [0.29, 0.717) is 32.9 Å². The highest BCUT2D eigenvalue weighted by Crippen LogP contribution is 2.24. The van der Waals surface area contributed by atoms with Crippen molar-refractivity contribution in [1.82, 2.24) is 0 Å². The predicted octanol–water partition coefficient (Wildman–Crippen LogP) is 2.49. The Morgan fingerprint density at radius 3 is 2.48 bits per heavy atom. The molecule has 0 aromatic heterocycles. The highest BCUT2D eigenvalue weighted by Gasteiger charge is 2.09. The lowest BCUT2D eigenvalue weighted by Gasteiger charge is -2.10. The van der Waals surface area contributed by atoms with Gasteiger partial charge in [-0.25, -0.2) is 0 Å². The average Bonchev–Trinajstić information content (AvgIpc) is 2.46. The molecule has 0 fully saturated rings. The topological polar surface area (TPSA) is 85.7 Å². The summed E-state index contributed by atoms with van der Waals surface area (Å²) in [6.07, 6.45) is 0.822. The minimum atomic E-state index is -0.389. The minimum Gasteiger partial charge on any atom is -0.385 e. The van der Waals surface area contributed by atoms with Gasteiger partial charge in [0.2, 0.25) is 0 Å². The molecule has 0 aliphatic rings. The third-order valence-corrected chi connectivity index (χ3v) is 2.74. The Morgan fingerprint density at radius 1 is 1.14 bits per heavy atom. The van der Waals surface area contributed by atoms with Crippen LogP contribution in [-0.2, 0) is 9.47 Å². The second kappa shape index (κ2) is 9.95. The number of anilines is 2. The van der Waals surface area contributed by atoms with Crippen LogP contribution in [-0.4, -0.2) is 44.9 Å². The fraction of sp³-hybridized carbons (Fsp3) is 0.571. The molecule has 0 aliphatic carbocycles. The van der Waals surface area contributed by atoms with Crippen molar-refractivity contribution in [2.45, 2.75) is 13.3 Å². The fourth-order valence-corrected chi connectivity index (χ4v) is 1.78. The molecule has 0 amide bonds. The van der Waals surface area contributed by atoms with Crippen molar-refractivity contribution in [3.8, 4) is 0 Å². The molecule has 0 saturated heterocycles. The van der Waals surface area contributed by atoms with Gasteiger partial charge in [0, 0.05) is 50.3 Å². The lowest BCUT2D eigenvalue weighted by atomic mass is 10.2. The highest BCUT2D eigenvalue weighted by atomic mass is 16.6. The molecule has 0 bridgehead atoms. The second-order valence-electron chi connectivity index (χ2n) is 4.44. The molecule has 21 heavy (non-hydrogen) atoms. The molecule has 1 aromatic rings. The number of nitro benzene ring substituents is 1. The van der Waals surface area contributed by atoms with Crippen molar-refractivity contribution in [3.05, 3.63) is 28.3 Å². The van der Waals surface area contributed by atoms with E-state index in [9.17, 15) is 10.1 Å². The molecule has 2 N–H and O–H groups in total. The molecule has 0 unspecified atom stereocenters. The number of nitrogens with one attached hydrogen (secondary N) is 2. The largest absolute Gasteiger partial charge is 0.385 e. The summed E-state index contributed by atoms with van der Waals surface area (Å²) < 4.78 is 10.2. The van der Waals surface area contributed by atoms with E-state index in [2.05, 4.69) is 10.6 Å². The Labute approximate surface area is 124 Å². The van der Waals surface area contributed by atoms with Gasteiger partial charge < -0.3 is 20.1 Å². The second-order valence-corrected chi connectivity index (χ2v) is 4.44. The first-order valence-corrected chi connectivity index (χ1v) is 7.01. The zero-order valence-corrected chi connectivity index (χ0v) is 12.6. The summed E-state index contributed by atoms with van der Waals surface area (Å²) in [5.41, 5.74) is 1.55. The number of nitrogens with zero attached hydrogens (tertiary/aromatic N) is 1. The Hall–Kier alpha value is -1.86. The van der Waals surface area contributed by atoms with Gasteiger partial charge in [-0.2, -0.15) is 0 Å². The van der Waals surface area contributed by atoms with E-state index in [1.54, 1.807) is 7.11 Å². The molecule has 0 saturated carbocycles. The van der Waals surface area contributed by atoms with Gasteiger partial charge in [0.05, 0.1) is 18.1 Å². The lowest BCUT2D eigenvalue weighted by Crippen LogP contribution is -2.09. The van der Waals surface area contributed by atoms with Gasteiger partial charge in [0.1, 0.15) is 0 Å². The van der Waals surface area contributed by atoms with Crippen LogP contribution >= 0.6 is 0 Å². The van der Waals surface area contributed by atoms with Gasteiger partial charge in [-0.05, 0) is 19.4 Å². The standard InChI is InChI=1S/C14H23N3O4/c1-3-15-12-9-13(11-14(10-12)17(18)19)16-5-4-6-21-8-7-20-2/h9-11,15-16H,3-8H2,1-2H3. The first kappa shape index (κ1) is 17.2. The summed E-state index contributed by atoms with van der Waals surface area (Å²) in [6.45, 7) is 5.16. The van der Waals surface area contributed by atoms with Gasteiger partial charge >= 0.3 is 0 Å². The van der Waals surface area contributed by atoms with Crippen LogP contribution in [0.25, 0.3) is 0 Å². The molecule has 118 valence electrons. The number of ether oxygens (including phenoxy) is 2. The molecule has 0 spiro atoms. The van der Waals surface area contributed by atoms with Gasteiger partial charge in [-0.1, -0.05) is 0 Å². The first-order valence-electron chi connectivity index (χ1n) is 7.01. The Bertz CT molecular complexity index is 440. The van der Waals surface area contributed by atoms with E-state index >= 15 is 0 Å². The van der Waals surface area contributed by atoms with Crippen LogP contribution in [0.2, 0.25) is 0 Å². The highest BCUT2D eigenvalue weighted by molar-refractivity contribution is 5.63. The molecule has 1 aromatic carbocycles. The molecule has 0 heterocycles. The summed E-state index contributed by atoms with van der Waals surface area (Å²) >= 11 is 0. The van der Waals surface area contributed by atoms with E-state index in [0.717, 1.165) is 17.8 Å². The van der Waals surface area contributed by atoms with Crippen molar-refractivity contribution in [1.29, 1.82) is 0 Å². The Balaban J connectivity index is 2.44. The first-order chi connectivity index (χ1) is 10.2. The maximum absolute atomic E-state index is 10.9. The lowest BCUT2D eigenvalue weighted by molar-refractivity contribution is -0.384. The number of nitro groups is 1. The van der Waals surface area contributed by atoms with Crippen LogP contribution in [0.4, 0.5) is 17.1 Å². The Morgan fingerprint density at radius 2 is 1.86 bits per heavy atom. The van der Waals surface area contributed by atoms with Gasteiger partial charge in [0.15, 0.2) is 0 Å². The van der Waals surface area contributed by atoms with Crippen molar-refractivity contribution in [2.75, 3.05) is 50.7 Å². The monoisotopic (exact) mass is 297 g/mol. The molecule has 0 radical (unpaired) electrons. The van der Waals surface area contributed by atoms with E-state index in [-0.39, 0.29) is 10.6 Å². The van der Waals surface area contributed by atoms with Crippen LogP contribution in [0.15, 0.2) is 18.2 Å². The van der Waals surface area contributed by atoms with E-state index in [1.165, 1.54) is 12.1 Å². The van der Waals surface area contributed by atoms with E-state index in [1.807, 2.05) is 13.0 Å². The molecular formula is C14H23N3O4. The molecule has 7 heteroatoms. The van der Waals surface area contributed by atoms with Gasteiger partial charge in [-0.3, -0.25) is 10.1 Å². The summed E-state index contributed by atoms with van der Waals surface area (Å²) in [4.78, 5) is 10.5. The quantitative estimate of drug-likeness (QED) is 0.371. The fourth-order valence-electron chi connectivity index (χ4n) is 1.78. The number of hydrogen-bond donors (Lipinski definition) is 2. The number of rotatable bonds is 11. The average molecular weight is 297 g/mol. The summed E-state index contributed by atoms with van der Waals surface area (Å²) in [5, 5.41) is 17.2. The normalized spacial score (nSPS) is 10.4. The van der Waals surface area contributed by atoms with Crippen molar-refractivity contribution in [3.63, 3.8) is 0 Å². The van der Waals surface area contributed by atoms with Crippen LogP contribution in [0.1, 0.15) is 13.3 Å².